The molecule has 0 radical (unpaired) electrons. The van der Waals surface area contributed by atoms with E-state index in [0.717, 1.165) is 49.3 Å². The smallest absolute Gasteiger partial charge is 0.216 e. The molecule has 1 amide bonds. The summed E-state index contributed by atoms with van der Waals surface area (Å²) in [5.74, 6) is 2.04. The first-order chi connectivity index (χ1) is 13.6. The van der Waals surface area contributed by atoms with Crippen LogP contribution in [0.15, 0.2) is 48.5 Å². The number of amides is 1. The van der Waals surface area contributed by atoms with Gasteiger partial charge in [-0.15, -0.1) is 0 Å². The molecule has 5 nitrogen and oxygen atoms in total. The molecule has 0 saturated carbocycles. The van der Waals surface area contributed by atoms with E-state index in [4.69, 9.17) is 9.72 Å². The zero-order valence-corrected chi connectivity index (χ0v) is 16.8. The van der Waals surface area contributed by atoms with Crippen LogP contribution in [0.25, 0.3) is 11.0 Å². The van der Waals surface area contributed by atoms with Crippen LogP contribution in [0.2, 0.25) is 0 Å². The molecule has 1 N–H and O–H groups in total. The maximum Gasteiger partial charge on any atom is 0.216 e. The van der Waals surface area contributed by atoms with Crippen LogP contribution in [0, 0.1) is 6.92 Å². The Morgan fingerprint density at radius 1 is 1.11 bits per heavy atom. The number of para-hydroxylation sites is 2. The third kappa shape index (κ3) is 5.59. The van der Waals surface area contributed by atoms with Crippen LogP contribution >= 0.6 is 0 Å². The highest BCUT2D eigenvalue weighted by atomic mass is 16.5. The molecule has 1 aromatic heterocycles. The Kier molecular flexibility index (Phi) is 7.06. The average Bonchev–Trinajstić information content (AvgIpc) is 3.02. The molecule has 5 heteroatoms. The zero-order chi connectivity index (χ0) is 19.8. The Hall–Kier alpha value is -2.82. The molecule has 0 aliphatic heterocycles. The largest absolute Gasteiger partial charge is 0.494 e. The average molecular weight is 380 g/mol. The fraction of sp³-hybridized carbons (Fsp3) is 0.391. The van der Waals surface area contributed by atoms with E-state index in [1.165, 1.54) is 11.1 Å². The van der Waals surface area contributed by atoms with Gasteiger partial charge in [0.1, 0.15) is 11.6 Å². The zero-order valence-electron chi connectivity index (χ0n) is 16.8. The third-order valence-electron chi connectivity index (χ3n) is 4.72. The van der Waals surface area contributed by atoms with Crippen molar-refractivity contribution in [2.45, 2.75) is 46.1 Å². The van der Waals surface area contributed by atoms with Crippen LogP contribution < -0.4 is 10.1 Å². The molecule has 0 fully saturated rings. The lowest BCUT2D eigenvalue weighted by Gasteiger charge is -2.10. The highest BCUT2D eigenvalue weighted by Gasteiger charge is 2.10. The Bertz CT molecular complexity index is 917. The Morgan fingerprint density at radius 3 is 2.79 bits per heavy atom. The van der Waals surface area contributed by atoms with Crippen molar-refractivity contribution in [1.29, 1.82) is 0 Å². The molecule has 0 unspecified atom stereocenters. The van der Waals surface area contributed by atoms with E-state index in [2.05, 4.69) is 47.1 Å². The Balaban J connectivity index is 1.54. The van der Waals surface area contributed by atoms with E-state index in [-0.39, 0.29) is 5.91 Å². The van der Waals surface area contributed by atoms with Gasteiger partial charge in [-0.25, -0.2) is 4.98 Å². The molecular weight excluding hydrogens is 350 g/mol. The fourth-order valence-corrected chi connectivity index (χ4v) is 3.34. The van der Waals surface area contributed by atoms with Crippen molar-refractivity contribution in [3.63, 3.8) is 0 Å². The number of aromatic nitrogens is 2. The number of aryl methyl sites for hydroxylation is 3. The van der Waals surface area contributed by atoms with Gasteiger partial charge >= 0.3 is 0 Å². The van der Waals surface area contributed by atoms with Crippen molar-refractivity contribution in [1.82, 2.24) is 14.9 Å². The highest BCUT2D eigenvalue weighted by Crippen LogP contribution is 2.18. The summed E-state index contributed by atoms with van der Waals surface area (Å²) < 4.78 is 8.18. The Labute approximate surface area is 166 Å². The van der Waals surface area contributed by atoms with E-state index in [0.29, 0.717) is 13.2 Å². The van der Waals surface area contributed by atoms with Crippen molar-refractivity contribution in [3.8, 4) is 5.75 Å². The molecule has 148 valence electrons. The van der Waals surface area contributed by atoms with Crippen molar-refractivity contribution in [2.24, 2.45) is 0 Å². The van der Waals surface area contributed by atoms with Gasteiger partial charge in [0.2, 0.25) is 5.91 Å². The topological polar surface area (TPSA) is 56.2 Å². The first-order valence-electron chi connectivity index (χ1n) is 10.0. The number of nitrogens with zero attached hydrogens (tertiary/aromatic N) is 2. The number of rotatable bonds is 10. The maximum absolute atomic E-state index is 11.0. The normalized spacial score (nSPS) is 10.9. The second-order valence-corrected chi connectivity index (χ2v) is 7.13. The summed E-state index contributed by atoms with van der Waals surface area (Å²) in [5, 5.41) is 2.86. The highest BCUT2D eigenvalue weighted by molar-refractivity contribution is 5.76. The minimum absolute atomic E-state index is 0.0158. The number of carbonyl (C=O) groups is 1. The third-order valence-corrected chi connectivity index (χ3v) is 4.72. The number of imidazole rings is 1. The van der Waals surface area contributed by atoms with E-state index in [1.54, 1.807) is 6.92 Å². The molecule has 1 heterocycles. The standard InChI is InChI=1S/C23H29N3O2/c1-18-9-7-10-20(17-18)28-16-6-5-15-26-22-12-4-3-11-21(22)25-23(26)13-8-14-24-19(2)27/h3-4,7,9-12,17H,5-6,8,13-16H2,1-2H3,(H,24,27). The first kappa shape index (κ1) is 19.9. The minimum Gasteiger partial charge on any atom is -0.494 e. The Morgan fingerprint density at radius 2 is 1.96 bits per heavy atom. The predicted molar refractivity (Wildman–Crippen MR) is 113 cm³/mol. The van der Waals surface area contributed by atoms with Crippen LogP contribution in [0.1, 0.15) is 37.6 Å². The summed E-state index contributed by atoms with van der Waals surface area (Å²) in [4.78, 5) is 15.8. The second kappa shape index (κ2) is 9.93. The van der Waals surface area contributed by atoms with E-state index < -0.39 is 0 Å². The molecule has 28 heavy (non-hydrogen) atoms. The van der Waals surface area contributed by atoms with Crippen LogP contribution in [0.4, 0.5) is 0 Å². The predicted octanol–water partition coefficient (Wildman–Crippen LogP) is 4.27. The number of benzene rings is 2. The summed E-state index contributed by atoms with van der Waals surface area (Å²) in [7, 11) is 0. The molecule has 0 spiro atoms. The molecule has 0 saturated heterocycles. The number of hydrogen-bond donors (Lipinski definition) is 1. The number of hydrogen-bond acceptors (Lipinski definition) is 3. The number of ether oxygens (including phenoxy) is 1. The van der Waals surface area contributed by atoms with Crippen LogP contribution in [-0.4, -0.2) is 28.6 Å². The maximum atomic E-state index is 11.0. The van der Waals surface area contributed by atoms with Crippen LogP contribution in [0.5, 0.6) is 5.75 Å². The van der Waals surface area contributed by atoms with Gasteiger partial charge in [-0.3, -0.25) is 4.79 Å². The summed E-state index contributed by atoms with van der Waals surface area (Å²) in [6, 6.07) is 16.4. The number of carbonyl (C=O) groups excluding carboxylic acids is 1. The van der Waals surface area contributed by atoms with E-state index >= 15 is 0 Å². The van der Waals surface area contributed by atoms with Gasteiger partial charge in [-0.1, -0.05) is 24.3 Å². The van der Waals surface area contributed by atoms with Gasteiger partial charge in [0, 0.05) is 26.4 Å². The molecule has 0 atom stereocenters. The van der Waals surface area contributed by atoms with Crippen molar-refractivity contribution >= 4 is 16.9 Å². The molecular formula is C23H29N3O2. The lowest BCUT2D eigenvalue weighted by atomic mass is 10.2. The SMILES string of the molecule is CC(=O)NCCCc1nc2ccccc2n1CCCCOc1cccc(C)c1. The summed E-state index contributed by atoms with van der Waals surface area (Å²) in [5.41, 5.74) is 3.43. The van der Waals surface area contributed by atoms with Crippen LogP contribution in [0.3, 0.4) is 0 Å². The van der Waals surface area contributed by atoms with Crippen molar-refractivity contribution in [3.05, 3.63) is 59.9 Å². The molecule has 0 aliphatic rings. The van der Waals surface area contributed by atoms with Gasteiger partial charge in [0.15, 0.2) is 0 Å². The number of nitrogens with one attached hydrogen (secondary N) is 1. The van der Waals surface area contributed by atoms with Gasteiger partial charge < -0.3 is 14.6 Å². The van der Waals surface area contributed by atoms with Gasteiger partial charge in [-0.2, -0.15) is 0 Å². The fourth-order valence-electron chi connectivity index (χ4n) is 3.34. The van der Waals surface area contributed by atoms with Crippen molar-refractivity contribution < 1.29 is 9.53 Å². The summed E-state index contributed by atoms with van der Waals surface area (Å²) in [6.07, 6.45) is 3.77. The second-order valence-electron chi connectivity index (χ2n) is 7.13. The quantitative estimate of drug-likeness (QED) is 0.535. The van der Waals surface area contributed by atoms with E-state index in [9.17, 15) is 4.79 Å². The first-order valence-corrected chi connectivity index (χ1v) is 10.0. The lowest BCUT2D eigenvalue weighted by Crippen LogP contribution is -2.21. The monoisotopic (exact) mass is 379 g/mol. The molecule has 3 rings (SSSR count). The molecule has 2 aromatic carbocycles. The summed E-state index contributed by atoms with van der Waals surface area (Å²) in [6.45, 7) is 5.95. The van der Waals surface area contributed by atoms with Gasteiger partial charge in [0.25, 0.3) is 0 Å². The number of unbranched alkanes of at least 4 members (excludes halogenated alkanes) is 1. The summed E-state index contributed by atoms with van der Waals surface area (Å²) >= 11 is 0. The number of fused-ring (bicyclic) bond motifs is 1. The van der Waals surface area contributed by atoms with Crippen molar-refractivity contribution in [2.75, 3.05) is 13.2 Å². The van der Waals surface area contributed by atoms with Gasteiger partial charge in [-0.05, 0) is 56.0 Å². The van der Waals surface area contributed by atoms with E-state index in [1.807, 2.05) is 18.2 Å². The molecule has 0 aliphatic carbocycles. The van der Waals surface area contributed by atoms with Crippen LogP contribution in [-0.2, 0) is 17.8 Å². The molecule has 0 bridgehead atoms. The lowest BCUT2D eigenvalue weighted by molar-refractivity contribution is -0.118. The minimum atomic E-state index is 0.0158. The molecule has 3 aromatic rings. The van der Waals surface area contributed by atoms with Gasteiger partial charge in [0.05, 0.1) is 17.6 Å².